The van der Waals surface area contributed by atoms with E-state index in [0.29, 0.717) is 18.8 Å². The van der Waals surface area contributed by atoms with Crippen LogP contribution in [0.4, 0.5) is 5.69 Å². The number of anilines is 1. The summed E-state index contributed by atoms with van der Waals surface area (Å²) < 4.78 is 0. The second-order valence-electron chi connectivity index (χ2n) is 7.60. The maximum atomic E-state index is 13.3. The third-order valence-electron chi connectivity index (χ3n) is 5.48. The van der Waals surface area contributed by atoms with Gasteiger partial charge in [-0.15, -0.1) is 0 Å². The molecule has 0 saturated carbocycles. The number of nitrogens with zero attached hydrogens (tertiary/aromatic N) is 1. The number of thioether (sulfide) groups is 1. The zero-order valence-electron chi connectivity index (χ0n) is 15.9. The van der Waals surface area contributed by atoms with E-state index in [9.17, 15) is 9.59 Å². The third-order valence-corrected chi connectivity index (χ3v) is 6.95. The lowest BCUT2D eigenvalue weighted by atomic mass is 9.99. The van der Waals surface area contributed by atoms with E-state index in [1.807, 2.05) is 31.2 Å². The fraction of sp³-hybridized carbons (Fsp3) is 0.364. The quantitative estimate of drug-likeness (QED) is 0.842. The van der Waals surface area contributed by atoms with Gasteiger partial charge in [0.05, 0.1) is 11.7 Å². The van der Waals surface area contributed by atoms with Crippen LogP contribution < -0.4 is 10.2 Å². The molecule has 27 heavy (non-hydrogen) atoms. The van der Waals surface area contributed by atoms with Gasteiger partial charge in [-0.25, -0.2) is 0 Å². The van der Waals surface area contributed by atoms with E-state index < -0.39 is 4.87 Å². The Labute approximate surface area is 164 Å². The molecule has 140 valence electrons. The second kappa shape index (κ2) is 6.71. The van der Waals surface area contributed by atoms with Crippen molar-refractivity contribution in [3.05, 3.63) is 59.7 Å². The summed E-state index contributed by atoms with van der Waals surface area (Å²) in [6, 6.07) is 16.0. The van der Waals surface area contributed by atoms with Crippen LogP contribution in [0.1, 0.15) is 56.7 Å². The summed E-state index contributed by atoms with van der Waals surface area (Å²) in [5.74, 6) is 0.417. The Morgan fingerprint density at radius 1 is 1.07 bits per heavy atom. The third kappa shape index (κ3) is 2.94. The van der Waals surface area contributed by atoms with Crippen LogP contribution in [-0.4, -0.2) is 16.7 Å². The van der Waals surface area contributed by atoms with E-state index in [-0.39, 0.29) is 17.9 Å². The van der Waals surface area contributed by atoms with E-state index >= 15 is 0 Å². The molecule has 0 aromatic heterocycles. The normalized spacial score (nSPS) is 21.9. The lowest BCUT2D eigenvalue weighted by Crippen LogP contribution is -2.52. The first-order valence-corrected chi connectivity index (χ1v) is 10.3. The van der Waals surface area contributed by atoms with Crippen molar-refractivity contribution in [2.75, 3.05) is 4.90 Å². The summed E-state index contributed by atoms with van der Waals surface area (Å²) in [7, 11) is 0. The average molecular weight is 381 g/mol. The summed E-state index contributed by atoms with van der Waals surface area (Å²) in [5, 5.41) is 3.15. The van der Waals surface area contributed by atoms with Gasteiger partial charge in [0, 0.05) is 11.3 Å². The Kier molecular flexibility index (Phi) is 4.50. The van der Waals surface area contributed by atoms with Gasteiger partial charge in [0.15, 0.2) is 4.87 Å². The van der Waals surface area contributed by atoms with Crippen LogP contribution in [-0.2, 0) is 9.59 Å². The minimum absolute atomic E-state index is 0.0246. The smallest absolute Gasteiger partial charge is 0.257 e. The van der Waals surface area contributed by atoms with Crippen LogP contribution in [0.3, 0.4) is 0 Å². The number of hydrogen-bond acceptors (Lipinski definition) is 3. The van der Waals surface area contributed by atoms with Gasteiger partial charge >= 0.3 is 0 Å². The highest BCUT2D eigenvalue weighted by molar-refractivity contribution is 8.02. The molecular formula is C22H24N2O2S. The van der Waals surface area contributed by atoms with Crippen molar-refractivity contribution in [2.24, 2.45) is 0 Å². The maximum absolute atomic E-state index is 13.3. The predicted octanol–water partition coefficient (Wildman–Crippen LogP) is 4.62. The Balaban J connectivity index is 1.56. The van der Waals surface area contributed by atoms with Crippen LogP contribution in [0.2, 0.25) is 0 Å². The number of carbonyl (C=O) groups is 2. The number of rotatable bonds is 4. The second-order valence-corrected chi connectivity index (χ2v) is 8.92. The van der Waals surface area contributed by atoms with E-state index in [2.05, 4.69) is 43.4 Å². The molecule has 2 aromatic rings. The Hall–Kier alpha value is -2.27. The van der Waals surface area contributed by atoms with E-state index in [4.69, 9.17) is 0 Å². The molecule has 2 atom stereocenters. The minimum Gasteiger partial charge on any atom is -0.347 e. The number of nitrogens with one attached hydrogen (secondary N) is 1. The van der Waals surface area contributed by atoms with Crippen molar-refractivity contribution in [3.63, 3.8) is 0 Å². The molecule has 0 bridgehead atoms. The first-order chi connectivity index (χ1) is 12.9. The van der Waals surface area contributed by atoms with Crippen LogP contribution in [0, 0.1) is 0 Å². The number of benzene rings is 2. The van der Waals surface area contributed by atoms with Crippen molar-refractivity contribution < 1.29 is 9.59 Å². The number of amides is 2. The molecule has 0 aliphatic carbocycles. The fourth-order valence-electron chi connectivity index (χ4n) is 3.86. The molecule has 0 radical (unpaired) electrons. The van der Waals surface area contributed by atoms with Crippen molar-refractivity contribution in [1.82, 2.24) is 5.32 Å². The number of fused-ring (bicyclic) bond motifs is 3. The van der Waals surface area contributed by atoms with Gasteiger partial charge in [-0.05, 0) is 42.5 Å². The highest BCUT2D eigenvalue weighted by atomic mass is 32.2. The van der Waals surface area contributed by atoms with Gasteiger partial charge in [0.2, 0.25) is 5.91 Å². The molecule has 1 N–H and O–H groups in total. The monoisotopic (exact) mass is 380 g/mol. The molecule has 5 heteroatoms. The maximum Gasteiger partial charge on any atom is 0.257 e. The minimum atomic E-state index is -0.854. The highest BCUT2D eigenvalue weighted by Crippen LogP contribution is 2.55. The van der Waals surface area contributed by atoms with Gasteiger partial charge < -0.3 is 5.32 Å². The van der Waals surface area contributed by atoms with Gasteiger partial charge in [-0.3, -0.25) is 14.5 Å². The lowest BCUT2D eigenvalue weighted by Gasteiger charge is -2.31. The van der Waals surface area contributed by atoms with Crippen molar-refractivity contribution in [3.8, 4) is 0 Å². The summed E-state index contributed by atoms with van der Waals surface area (Å²) >= 11 is 1.50. The lowest BCUT2D eigenvalue weighted by molar-refractivity contribution is -0.125. The fourth-order valence-corrected chi connectivity index (χ4v) is 5.28. The molecule has 2 heterocycles. The summed E-state index contributed by atoms with van der Waals surface area (Å²) in [4.78, 5) is 27.7. The van der Waals surface area contributed by atoms with Gasteiger partial charge in [-0.1, -0.05) is 62.0 Å². The van der Waals surface area contributed by atoms with Crippen LogP contribution in [0.15, 0.2) is 53.4 Å². The molecular weight excluding hydrogens is 356 g/mol. The number of carbonyl (C=O) groups excluding carboxylic acids is 2. The van der Waals surface area contributed by atoms with Crippen LogP contribution in [0.25, 0.3) is 0 Å². The van der Waals surface area contributed by atoms with E-state index in [1.165, 1.54) is 17.3 Å². The van der Waals surface area contributed by atoms with Crippen LogP contribution in [0.5, 0.6) is 0 Å². The molecule has 2 aromatic carbocycles. The predicted molar refractivity (Wildman–Crippen MR) is 109 cm³/mol. The number of para-hydroxylation sites is 1. The summed E-state index contributed by atoms with van der Waals surface area (Å²) in [6.45, 7) is 6.33. The molecule has 1 saturated heterocycles. The highest BCUT2D eigenvalue weighted by Gasteiger charge is 2.57. The van der Waals surface area contributed by atoms with Gasteiger partial charge in [0.1, 0.15) is 0 Å². The zero-order chi connectivity index (χ0) is 19.2. The van der Waals surface area contributed by atoms with Gasteiger partial charge in [0.25, 0.3) is 5.91 Å². The van der Waals surface area contributed by atoms with E-state index in [1.54, 1.807) is 4.90 Å². The molecule has 2 aliphatic rings. The van der Waals surface area contributed by atoms with E-state index in [0.717, 1.165) is 16.1 Å². The van der Waals surface area contributed by atoms with Crippen molar-refractivity contribution >= 4 is 29.3 Å². The molecule has 4 rings (SSSR count). The molecule has 4 nitrogen and oxygen atoms in total. The average Bonchev–Trinajstić information content (AvgIpc) is 3.17. The largest absolute Gasteiger partial charge is 0.347 e. The molecule has 0 spiro atoms. The molecule has 2 amide bonds. The summed E-state index contributed by atoms with van der Waals surface area (Å²) in [5.41, 5.74) is 3.21. The molecule has 1 fully saturated rings. The first kappa shape index (κ1) is 18.1. The topological polar surface area (TPSA) is 49.4 Å². The SMILES string of the molecule is CC(C)c1ccc(C(C)NC(=O)C23CCC(=O)N2c2ccccc2S3)cc1. The van der Waals surface area contributed by atoms with Gasteiger partial charge in [-0.2, -0.15) is 0 Å². The van der Waals surface area contributed by atoms with Crippen molar-refractivity contribution in [1.29, 1.82) is 0 Å². The summed E-state index contributed by atoms with van der Waals surface area (Å²) in [6.07, 6.45) is 0.947. The Morgan fingerprint density at radius 3 is 2.44 bits per heavy atom. The van der Waals surface area contributed by atoms with Crippen LogP contribution >= 0.6 is 11.8 Å². The molecule has 2 aliphatic heterocycles. The Bertz CT molecular complexity index is 893. The Morgan fingerprint density at radius 2 is 1.74 bits per heavy atom. The number of hydrogen-bond donors (Lipinski definition) is 1. The first-order valence-electron chi connectivity index (χ1n) is 9.44. The molecule has 2 unspecified atom stereocenters. The van der Waals surface area contributed by atoms with Crippen molar-refractivity contribution in [2.45, 2.75) is 55.3 Å². The standard InChI is InChI=1S/C22H24N2O2S/c1-14(2)16-8-10-17(11-9-16)15(3)23-21(26)22-13-12-20(25)24(22)18-6-4-5-7-19(18)27-22/h4-11,14-15H,12-13H2,1-3H3,(H,23,26). The zero-order valence-corrected chi connectivity index (χ0v) is 16.7.